The molecule has 0 saturated heterocycles. The Morgan fingerprint density at radius 3 is 1.59 bits per heavy atom. The van der Waals surface area contributed by atoms with Crippen molar-refractivity contribution in [3.05, 3.63) is 70.8 Å². The van der Waals surface area contributed by atoms with Crippen molar-refractivity contribution >= 4 is 29.8 Å². The van der Waals surface area contributed by atoms with Gasteiger partial charge in [0.2, 0.25) is 0 Å². The van der Waals surface area contributed by atoms with Gasteiger partial charge in [-0.1, -0.05) is 6.07 Å². The summed E-state index contributed by atoms with van der Waals surface area (Å²) in [6, 6.07) is 6.03. The van der Waals surface area contributed by atoms with Crippen molar-refractivity contribution < 1.29 is 51.0 Å². The van der Waals surface area contributed by atoms with E-state index in [1.807, 2.05) is 0 Å². The lowest BCUT2D eigenvalue weighted by molar-refractivity contribution is -0.146. The number of Topliss-reactive ketones (excluding diaryl/α,β-unsaturated/α-hetero) is 2. The molecular formula is C26H26F4O7. The van der Waals surface area contributed by atoms with E-state index in [1.165, 1.54) is 12.1 Å². The van der Waals surface area contributed by atoms with Crippen LogP contribution in [-0.4, -0.2) is 43.0 Å². The van der Waals surface area contributed by atoms with Crippen LogP contribution in [0.5, 0.6) is 0 Å². The summed E-state index contributed by atoms with van der Waals surface area (Å²) in [6.45, 7) is 3.44. The topological polar surface area (TPSA) is 104 Å². The van der Waals surface area contributed by atoms with Crippen LogP contribution in [0.1, 0.15) is 61.4 Å². The first-order valence-electron chi connectivity index (χ1n) is 11.2. The number of rotatable bonds is 12. The number of ether oxygens (including phenoxy) is 2. The molecule has 11 heteroatoms. The summed E-state index contributed by atoms with van der Waals surface area (Å²) < 4.78 is 60.5. The van der Waals surface area contributed by atoms with Gasteiger partial charge >= 0.3 is 11.9 Å². The van der Waals surface area contributed by atoms with Crippen LogP contribution in [0.3, 0.4) is 0 Å². The zero-order valence-electron chi connectivity index (χ0n) is 20.2. The molecular weight excluding hydrogens is 500 g/mol. The van der Waals surface area contributed by atoms with E-state index < -0.39 is 65.5 Å². The Morgan fingerprint density at radius 1 is 0.730 bits per heavy atom. The van der Waals surface area contributed by atoms with Gasteiger partial charge in [-0.25, -0.2) is 17.6 Å². The number of hydrogen-bond acceptors (Lipinski definition) is 7. The van der Waals surface area contributed by atoms with Gasteiger partial charge in [-0.05, 0) is 55.7 Å². The standard InChI is InChI=1S/C19H22F2O6.C7H4F2O/c1-3-26-18(24)10-14(22)7-13(8-15(23)11-19(25)27-4-2)12-5-6-16(20)17(21)9-12;8-6-2-1-5(4-10)3-7(6)9/h5-6,9,13H,3-4,7-8,10-11H2,1-2H3;1-4H. The zero-order chi connectivity index (χ0) is 28.0. The second kappa shape index (κ2) is 16.0. The maximum absolute atomic E-state index is 13.5. The van der Waals surface area contributed by atoms with Gasteiger partial charge in [0.25, 0.3) is 0 Å². The summed E-state index contributed by atoms with van der Waals surface area (Å²) in [6.07, 6.45) is -1.01. The third kappa shape index (κ3) is 11.6. The van der Waals surface area contributed by atoms with Crippen molar-refractivity contribution in [2.24, 2.45) is 0 Å². The molecule has 37 heavy (non-hydrogen) atoms. The maximum Gasteiger partial charge on any atom is 0.313 e. The molecule has 2 rings (SSSR count). The van der Waals surface area contributed by atoms with Gasteiger partial charge < -0.3 is 9.47 Å². The molecule has 0 aliphatic heterocycles. The quantitative estimate of drug-likeness (QED) is 0.172. The molecule has 200 valence electrons. The van der Waals surface area contributed by atoms with E-state index in [0.717, 1.165) is 24.3 Å². The average Bonchev–Trinajstić information content (AvgIpc) is 2.82. The maximum atomic E-state index is 13.5. The number of benzene rings is 2. The molecule has 0 aliphatic carbocycles. The smallest absolute Gasteiger partial charge is 0.313 e. The normalized spacial score (nSPS) is 10.2. The fourth-order valence-corrected chi connectivity index (χ4v) is 3.10. The van der Waals surface area contributed by atoms with Gasteiger partial charge in [-0.3, -0.25) is 24.0 Å². The number of carbonyl (C=O) groups excluding carboxylic acids is 5. The highest BCUT2D eigenvalue weighted by Gasteiger charge is 2.24. The Balaban J connectivity index is 0.000000568. The van der Waals surface area contributed by atoms with Crippen molar-refractivity contribution in [1.82, 2.24) is 0 Å². The van der Waals surface area contributed by atoms with Gasteiger partial charge in [-0.15, -0.1) is 0 Å². The Kier molecular flexibility index (Phi) is 13.4. The minimum Gasteiger partial charge on any atom is -0.466 e. The third-order valence-corrected chi connectivity index (χ3v) is 4.74. The minimum absolute atomic E-state index is 0.122. The highest BCUT2D eigenvalue weighted by atomic mass is 19.2. The molecule has 7 nitrogen and oxygen atoms in total. The Morgan fingerprint density at radius 2 is 1.19 bits per heavy atom. The lowest BCUT2D eigenvalue weighted by Crippen LogP contribution is -2.18. The number of carbonyl (C=O) groups is 5. The highest BCUT2D eigenvalue weighted by Crippen LogP contribution is 2.27. The van der Waals surface area contributed by atoms with Crippen LogP contribution in [0.15, 0.2) is 36.4 Å². The largest absolute Gasteiger partial charge is 0.466 e. The molecule has 0 unspecified atom stereocenters. The molecule has 0 radical (unpaired) electrons. The molecule has 0 heterocycles. The van der Waals surface area contributed by atoms with E-state index in [4.69, 9.17) is 9.47 Å². The Bertz CT molecular complexity index is 1080. The van der Waals surface area contributed by atoms with E-state index in [2.05, 4.69) is 0 Å². The molecule has 0 amide bonds. The van der Waals surface area contributed by atoms with Crippen LogP contribution in [0, 0.1) is 23.3 Å². The molecule has 0 bridgehead atoms. The molecule has 2 aromatic carbocycles. The molecule has 0 atom stereocenters. The van der Waals surface area contributed by atoms with Crippen LogP contribution in [0.4, 0.5) is 17.6 Å². The molecule has 0 aromatic heterocycles. The Hall–Kier alpha value is -3.89. The van der Waals surface area contributed by atoms with Gasteiger partial charge in [0.15, 0.2) is 23.3 Å². The highest BCUT2D eigenvalue weighted by molar-refractivity contribution is 5.98. The van der Waals surface area contributed by atoms with E-state index >= 15 is 0 Å². The summed E-state index contributed by atoms with van der Waals surface area (Å²) in [5.41, 5.74) is 0.363. The lowest BCUT2D eigenvalue weighted by atomic mass is 9.88. The summed E-state index contributed by atoms with van der Waals surface area (Å²) >= 11 is 0. The molecule has 0 fully saturated rings. The van der Waals surface area contributed by atoms with Crippen LogP contribution < -0.4 is 0 Å². The van der Waals surface area contributed by atoms with Gasteiger partial charge in [-0.2, -0.15) is 0 Å². The van der Waals surface area contributed by atoms with Crippen molar-refractivity contribution in [3.8, 4) is 0 Å². The number of hydrogen-bond donors (Lipinski definition) is 0. The van der Waals surface area contributed by atoms with Crippen molar-refractivity contribution in [2.75, 3.05) is 13.2 Å². The van der Waals surface area contributed by atoms with Gasteiger partial charge in [0, 0.05) is 18.4 Å². The SMILES string of the molecule is CCOC(=O)CC(=O)CC(CC(=O)CC(=O)OCC)c1ccc(F)c(F)c1.O=Cc1ccc(F)c(F)c1. The van der Waals surface area contributed by atoms with Crippen LogP contribution in [0.25, 0.3) is 0 Å². The molecule has 0 spiro atoms. The van der Waals surface area contributed by atoms with E-state index in [1.54, 1.807) is 13.8 Å². The number of ketones is 2. The van der Waals surface area contributed by atoms with E-state index in [0.29, 0.717) is 6.29 Å². The first-order valence-corrected chi connectivity index (χ1v) is 11.2. The van der Waals surface area contributed by atoms with Crippen molar-refractivity contribution in [1.29, 1.82) is 0 Å². The van der Waals surface area contributed by atoms with Gasteiger partial charge in [0.05, 0.1) is 13.2 Å². The average molecular weight is 526 g/mol. The fraction of sp³-hybridized carbons (Fsp3) is 0.346. The minimum atomic E-state index is -1.12. The van der Waals surface area contributed by atoms with Crippen LogP contribution in [0.2, 0.25) is 0 Å². The second-order valence-corrected chi connectivity index (χ2v) is 7.61. The van der Waals surface area contributed by atoms with Crippen LogP contribution >= 0.6 is 0 Å². The van der Waals surface area contributed by atoms with Crippen LogP contribution in [-0.2, 0) is 28.7 Å². The first-order chi connectivity index (χ1) is 17.5. The zero-order valence-corrected chi connectivity index (χ0v) is 20.2. The first kappa shape index (κ1) is 31.1. The second-order valence-electron chi connectivity index (χ2n) is 7.61. The number of halogens is 4. The van der Waals surface area contributed by atoms with E-state index in [9.17, 15) is 41.5 Å². The lowest BCUT2D eigenvalue weighted by Gasteiger charge is -2.16. The van der Waals surface area contributed by atoms with Crippen molar-refractivity contribution in [3.63, 3.8) is 0 Å². The molecule has 0 aliphatic rings. The summed E-state index contributed by atoms with van der Waals surface area (Å²) in [4.78, 5) is 57.0. The monoisotopic (exact) mass is 526 g/mol. The molecule has 0 saturated carbocycles. The van der Waals surface area contributed by atoms with Gasteiger partial charge in [0.1, 0.15) is 30.7 Å². The Labute approximate surface area is 210 Å². The number of aldehydes is 1. The summed E-state index contributed by atoms with van der Waals surface area (Å²) in [7, 11) is 0. The molecule has 2 aromatic rings. The third-order valence-electron chi connectivity index (χ3n) is 4.74. The predicted molar refractivity (Wildman–Crippen MR) is 123 cm³/mol. The predicted octanol–water partition coefficient (Wildman–Crippen LogP) is 4.65. The summed E-state index contributed by atoms with van der Waals surface area (Å²) in [5, 5.41) is 0. The van der Waals surface area contributed by atoms with E-state index in [-0.39, 0.29) is 37.2 Å². The summed E-state index contributed by atoms with van der Waals surface area (Å²) in [5.74, 6) is -7.34. The number of esters is 2. The molecule has 0 N–H and O–H groups in total. The fourth-order valence-electron chi connectivity index (χ4n) is 3.10. The van der Waals surface area contributed by atoms with Crippen molar-refractivity contribution in [2.45, 2.75) is 45.4 Å².